The fourth-order valence-corrected chi connectivity index (χ4v) is 2.31. The second-order valence-corrected chi connectivity index (χ2v) is 4.68. The fourth-order valence-electron chi connectivity index (χ4n) is 2.31. The van der Waals surface area contributed by atoms with E-state index in [-0.39, 0.29) is 11.8 Å². The number of nitrogens with zero attached hydrogens (tertiary/aromatic N) is 1. The Balaban J connectivity index is 2.51. The number of hydrogen-bond acceptors (Lipinski definition) is 3. The Hall–Kier alpha value is -2.04. The number of anilines is 2. The second-order valence-electron chi connectivity index (χ2n) is 4.68. The van der Waals surface area contributed by atoms with E-state index in [9.17, 15) is 9.59 Å². The average molecular weight is 262 g/mol. The van der Waals surface area contributed by atoms with Crippen molar-refractivity contribution in [2.75, 3.05) is 17.3 Å². The van der Waals surface area contributed by atoms with Gasteiger partial charge in [0.05, 0.1) is 18.5 Å². The molecule has 0 radical (unpaired) electrons. The first kappa shape index (κ1) is 13.4. The molecule has 1 aliphatic rings. The van der Waals surface area contributed by atoms with Gasteiger partial charge in [-0.15, -0.1) is 0 Å². The lowest BCUT2D eigenvalue weighted by Crippen LogP contribution is -2.54. The Morgan fingerprint density at radius 1 is 1.47 bits per heavy atom. The Bertz CT molecular complexity index is 501. The van der Waals surface area contributed by atoms with Crippen molar-refractivity contribution in [3.05, 3.63) is 24.3 Å². The molecule has 0 spiro atoms. The second kappa shape index (κ2) is 5.30. The first-order chi connectivity index (χ1) is 9.10. The van der Waals surface area contributed by atoms with Crippen LogP contribution in [-0.2, 0) is 9.53 Å². The number of carbonyl (C=O) groups excluding carboxylic acids is 2. The van der Waals surface area contributed by atoms with Gasteiger partial charge in [0.2, 0.25) is 5.91 Å². The van der Waals surface area contributed by atoms with Crippen molar-refractivity contribution in [2.24, 2.45) is 5.92 Å². The van der Waals surface area contributed by atoms with Gasteiger partial charge in [-0.05, 0) is 18.1 Å². The summed E-state index contributed by atoms with van der Waals surface area (Å²) in [5.41, 5.74) is 1.32. The highest BCUT2D eigenvalue weighted by molar-refractivity contribution is 6.10. The normalized spacial score (nSPS) is 19.4. The summed E-state index contributed by atoms with van der Waals surface area (Å²) in [7, 11) is 1.32. The van der Waals surface area contributed by atoms with Crippen molar-refractivity contribution in [1.29, 1.82) is 0 Å². The number of carbonyl (C=O) groups is 2. The lowest BCUT2D eigenvalue weighted by molar-refractivity contribution is -0.118. The standard InChI is InChI=1S/C14H18N2O3/c1-4-9(2)12-13(17)15-10-7-5-6-8-11(10)16(12)14(18)19-3/h5-9,12H,4H2,1-3H3,(H,15,17). The maximum atomic E-state index is 12.2. The highest BCUT2D eigenvalue weighted by atomic mass is 16.5. The van der Waals surface area contributed by atoms with Crippen LogP contribution in [0.15, 0.2) is 24.3 Å². The Kier molecular flexibility index (Phi) is 3.74. The largest absolute Gasteiger partial charge is 0.452 e. The van der Waals surface area contributed by atoms with E-state index in [0.717, 1.165) is 6.42 Å². The van der Waals surface area contributed by atoms with Gasteiger partial charge < -0.3 is 10.1 Å². The third-order valence-corrected chi connectivity index (χ3v) is 3.52. The molecule has 2 rings (SSSR count). The summed E-state index contributed by atoms with van der Waals surface area (Å²) in [6, 6.07) is 6.70. The molecule has 2 atom stereocenters. The minimum absolute atomic E-state index is 0.0486. The maximum absolute atomic E-state index is 12.2. The third-order valence-electron chi connectivity index (χ3n) is 3.52. The Morgan fingerprint density at radius 3 is 2.79 bits per heavy atom. The lowest BCUT2D eigenvalue weighted by atomic mass is 9.94. The van der Waals surface area contributed by atoms with Gasteiger partial charge in [0.15, 0.2) is 0 Å². The monoisotopic (exact) mass is 262 g/mol. The van der Waals surface area contributed by atoms with Crippen molar-refractivity contribution < 1.29 is 14.3 Å². The predicted octanol–water partition coefficient (Wildman–Crippen LogP) is 2.63. The number of ether oxygens (including phenoxy) is 1. The molecule has 1 N–H and O–H groups in total. The molecule has 2 unspecified atom stereocenters. The molecule has 1 aromatic carbocycles. The number of benzene rings is 1. The summed E-state index contributed by atoms with van der Waals surface area (Å²) in [5, 5.41) is 2.85. The van der Waals surface area contributed by atoms with Crippen LogP contribution in [0.25, 0.3) is 0 Å². The van der Waals surface area contributed by atoms with Crippen molar-refractivity contribution in [2.45, 2.75) is 26.3 Å². The minimum Gasteiger partial charge on any atom is -0.452 e. The van der Waals surface area contributed by atoms with Gasteiger partial charge in [-0.3, -0.25) is 9.69 Å². The summed E-state index contributed by atoms with van der Waals surface area (Å²) < 4.78 is 4.83. The summed E-state index contributed by atoms with van der Waals surface area (Å²) in [5.74, 6) is -0.120. The van der Waals surface area contributed by atoms with E-state index in [1.54, 1.807) is 12.1 Å². The molecule has 5 nitrogen and oxygen atoms in total. The zero-order chi connectivity index (χ0) is 14.0. The molecule has 0 fully saturated rings. The van der Waals surface area contributed by atoms with Gasteiger partial charge in [0.1, 0.15) is 6.04 Å². The molecule has 1 aromatic rings. The first-order valence-corrected chi connectivity index (χ1v) is 6.37. The van der Waals surface area contributed by atoms with E-state index in [1.807, 2.05) is 26.0 Å². The minimum atomic E-state index is -0.535. The number of hydrogen-bond donors (Lipinski definition) is 1. The molecule has 0 aromatic heterocycles. The smallest absolute Gasteiger partial charge is 0.414 e. The molecule has 0 bridgehead atoms. The fraction of sp³-hybridized carbons (Fsp3) is 0.429. The number of fused-ring (bicyclic) bond motifs is 1. The van der Waals surface area contributed by atoms with Gasteiger partial charge in [-0.1, -0.05) is 32.4 Å². The highest BCUT2D eigenvalue weighted by Gasteiger charge is 2.40. The number of amides is 2. The number of para-hydroxylation sites is 2. The highest BCUT2D eigenvalue weighted by Crippen LogP contribution is 2.35. The Morgan fingerprint density at radius 2 is 2.16 bits per heavy atom. The maximum Gasteiger partial charge on any atom is 0.414 e. The molecular weight excluding hydrogens is 244 g/mol. The van der Waals surface area contributed by atoms with Crippen molar-refractivity contribution >= 4 is 23.4 Å². The van der Waals surface area contributed by atoms with E-state index in [0.29, 0.717) is 11.4 Å². The summed E-state index contributed by atoms with van der Waals surface area (Å²) in [6.45, 7) is 3.95. The SMILES string of the molecule is CCC(C)C1C(=O)Nc2ccccc2N1C(=O)OC. The molecule has 0 saturated carbocycles. The van der Waals surface area contributed by atoms with Crippen molar-refractivity contribution in [1.82, 2.24) is 0 Å². The molecule has 19 heavy (non-hydrogen) atoms. The summed E-state index contributed by atoms with van der Waals surface area (Å²) >= 11 is 0. The molecule has 1 heterocycles. The Labute approximate surface area is 112 Å². The van der Waals surface area contributed by atoms with E-state index in [4.69, 9.17) is 4.74 Å². The first-order valence-electron chi connectivity index (χ1n) is 6.37. The van der Waals surface area contributed by atoms with Crippen LogP contribution < -0.4 is 10.2 Å². The van der Waals surface area contributed by atoms with Gasteiger partial charge in [-0.25, -0.2) is 4.79 Å². The number of nitrogens with one attached hydrogen (secondary N) is 1. The zero-order valence-electron chi connectivity index (χ0n) is 11.3. The van der Waals surface area contributed by atoms with Gasteiger partial charge in [0, 0.05) is 0 Å². The molecule has 0 saturated heterocycles. The van der Waals surface area contributed by atoms with Gasteiger partial charge >= 0.3 is 6.09 Å². The quantitative estimate of drug-likeness (QED) is 0.891. The van der Waals surface area contributed by atoms with Crippen LogP contribution in [0.4, 0.5) is 16.2 Å². The van der Waals surface area contributed by atoms with Crippen LogP contribution in [0.3, 0.4) is 0 Å². The van der Waals surface area contributed by atoms with Crippen LogP contribution in [0.1, 0.15) is 20.3 Å². The summed E-state index contributed by atoms with van der Waals surface area (Å²) in [4.78, 5) is 25.7. The molecule has 5 heteroatoms. The van der Waals surface area contributed by atoms with Crippen LogP contribution in [-0.4, -0.2) is 25.2 Å². The van der Waals surface area contributed by atoms with E-state index in [2.05, 4.69) is 5.32 Å². The number of methoxy groups -OCH3 is 1. The van der Waals surface area contributed by atoms with Crippen molar-refractivity contribution in [3.63, 3.8) is 0 Å². The molecule has 0 aliphatic carbocycles. The van der Waals surface area contributed by atoms with E-state index in [1.165, 1.54) is 12.0 Å². The number of rotatable bonds is 2. The lowest BCUT2D eigenvalue weighted by Gasteiger charge is -2.38. The predicted molar refractivity (Wildman–Crippen MR) is 73.2 cm³/mol. The molecule has 2 amide bonds. The third kappa shape index (κ3) is 2.28. The molecule has 1 aliphatic heterocycles. The van der Waals surface area contributed by atoms with Crippen molar-refractivity contribution in [3.8, 4) is 0 Å². The van der Waals surface area contributed by atoms with Crippen LogP contribution in [0.5, 0.6) is 0 Å². The van der Waals surface area contributed by atoms with E-state index >= 15 is 0 Å². The van der Waals surface area contributed by atoms with Gasteiger partial charge in [0.25, 0.3) is 0 Å². The van der Waals surface area contributed by atoms with Gasteiger partial charge in [-0.2, -0.15) is 0 Å². The van der Waals surface area contributed by atoms with E-state index < -0.39 is 12.1 Å². The zero-order valence-corrected chi connectivity index (χ0v) is 11.3. The summed E-state index contributed by atoms with van der Waals surface area (Å²) in [6.07, 6.45) is 0.293. The topological polar surface area (TPSA) is 58.6 Å². The molecular formula is C14H18N2O3. The van der Waals surface area contributed by atoms with Crippen LogP contribution >= 0.6 is 0 Å². The van der Waals surface area contributed by atoms with Crippen LogP contribution in [0.2, 0.25) is 0 Å². The average Bonchev–Trinajstić information content (AvgIpc) is 2.44. The van der Waals surface area contributed by atoms with Crippen LogP contribution in [0, 0.1) is 5.92 Å². The molecule has 102 valence electrons.